The zero-order chi connectivity index (χ0) is 15.2. The van der Waals surface area contributed by atoms with Crippen molar-refractivity contribution in [2.24, 2.45) is 5.92 Å². The summed E-state index contributed by atoms with van der Waals surface area (Å²) in [5, 5.41) is 10.3. The van der Waals surface area contributed by atoms with Crippen LogP contribution in [0.1, 0.15) is 57.1 Å². The lowest BCUT2D eigenvalue weighted by atomic mass is 10.0. The van der Waals surface area contributed by atoms with Gasteiger partial charge in [0.05, 0.1) is 11.3 Å². The third-order valence-corrected chi connectivity index (χ3v) is 5.01. The van der Waals surface area contributed by atoms with Crippen LogP contribution in [-0.2, 0) is 5.33 Å². The van der Waals surface area contributed by atoms with E-state index in [4.69, 9.17) is 0 Å². The van der Waals surface area contributed by atoms with E-state index in [0.29, 0.717) is 12.0 Å². The number of halogens is 1. The van der Waals surface area contributed by atoms with Crippen LogP contribution in [0.25, 0.3) is 0 Å². The lowest BCUT2D eigenvalue weighted by Crippen LogP contribution is -2.35. The maximum Gasteiger partial charge on any atom is 0.101 e. The van der Waals surface area contributed by atoms with Gasteiger partial charge in [-0.25, -0.2) is 0 Å². The molecule has 0 aromatic heterocycles. The van der Waals surface area contributed by atoms with Gasteiger partial charge in [0.2, 0.25) is 0 Å². The van der Waals surface area contributed by atoms with Crippen molar-refractivity contribution in [2.45, 2.75) is 57.3 Å². The molecule has 21 heavy (non-hydrogen) atoms. The molecule has 1 aromatic carbocycles. The molecular weight excluding hydrogens is 324 g/mol. The summed E-state index contributed by atoms with van der Waals surface area (Å²) < 4.78 is 0. The smallest absolute Gasteiger partial charge is 0.101 e. The highest BCUT2D eigenvalue weighted by Crippen LogP contribution is 2.31. The SMILES string of the molecule is CC(C)CCN(c1ccc(CBr)cc1C#N)C1CCCC1. The van der Waals surface area contributed by atoms with Crippen molar-refractivity contribution in [3.05, 3.63) is 29.3 Å². The topological polar surface area (TPSA) is 27.0 Å². The molecule has 0 spiro atoms. The lowest BCUT2D eigenvalue weighted by Gasteiger charge is -2.32. The van der Waals surface area contributed by atoms with Crippen LogP contribution < -0.4 is 4.90 Å². The Kier molecular flexibility index (Phi) is 6.11. The van der Waals surface area contributed by atoms with Gasteiger partial charge < -0.3 is 4.90 Å². The molecule has 1 fully saturated rings. The van der Waals surface area contributed by atoms with Crippen molar-refractivity contribution in [3.63, 3.8) is 0 Å². The second-order valence-corrected chi connectivity index (χ2v) is 6.97. The van der Waals surface area contributed by atoms with Gasteiger partial charge in [-0.2, -0.15) is 5.26 Å². The second kappa shape index (κ2) is 7.84. The van der Waals surface area contributed by atoms with Gasteiger partial charge in [-0.15, -0.1) is 0 Å². The molecule has 0 N–H and O–H groups in total. The van der Waals surface area contributed by atoms with Crippen molar-refractivity contribution < 1.29 is 0 Å². The number of benzene rings is 1. The lowest BCUT2D eigenvalue weighted by molar-refractivity contribution is 0.528. The summed E-state index contributed by atoms with van der Waals surface area (Å²) in [5.41, 5.74) is 3.13. The van der Waals surface area contributed by atoms with Gasteiger partial charge in [-0.05, 0) is 42.9 Å². The molecule has 0 unspecified atom stereocenters. The summed E-state index contributed by atoms with van der Waals surface area (Å²) in [5.74, 6) is 0.696. The number of hydrogen-bond acceptors (Lipinski definition) is 2. The minimum absolute atomic E-state index is 0.616. The zero-order valence-electron chi connectivity index (χ0n) is 13.1. The number of nitrogens with zero attached hydrogens (tertiary/aromatic N) is 2. The van der Waals surface area contributed by atoms with Crippen molar-refractivity contribution in [2.75, 3.05) is 11.4 Å². The van der Waals surface area contributed by atoms with Gasteiger partial charge in [0, 0.05) is 17.9 Å². The molecule has 1 aliphatic carbocycles. The second-order valence-electron chi connectivity index (χ2n) is 6.41. The number of anilines is 1. The van der Waals surface area contributed by atoms with Gasteiger partial charge in [-0.3, -0.25) is 0 Å². The van der Waals surface area contributed by atoms with E-state index >= 15 is 0 Å². The monoisotopic (exact) mass is 348 g/mol. The molecule has 114 valence electrons. The van der Waals surface area contributed by atoms with Gasteiger partial charge in [-0.1, -0.05) is 48.7 Å². The molecule has 1 aliphatic rings. The van der Waals surface area contributed by atoms with Crippen LogP contribution in [0.5, 0.6) is 0 Å². The average molecular weight is 349 g/mol. The molecule has 2 nitrogen and oxygen atoms in total. The third-order valence-electron chi connectivity index (χ3n) is 4.36. The molecular formula is C18H25BrN2. The van der Waals surface area contributed by atoms with E-state index in [2.05, 4.69) is 52.9 Å². The van der Waals surface area contributed by atoms with E-state index in [1.807, 2.05) is 6.07 Å². The molecule has 0 heterocycles. The Balaban J connectivity index is 2.28. The van der Waals surface area contributed by atoms with Gasteiger partial charge in [0.15, 0.2) is 0 Å². The van der Waals surface area contributed by atoms with Crippen molar-refractivity contribution in [1.82, 2.24) is 0 Å². The first-order chi connectivity index (χ1) is 10.2. The minimum atomic E-state index is 0.616. The first kappa shape index (κ1) is 16.4. The maximum atomic E-state index is 9.52. The van der Waals surface area contributed by atoms with Crippen LogP contribution in [0, 0.1) is 17.2 Å². The van der Waals surface area contributed by atoms with Crippen molar-refractivity contribution in [3.8, 4) is 6.07 Å². The fourth-order valence-electron chi connectivity index (χ4n) is 3.12. The Morgan fingerprint density at radius 1 is 1.33 bits per heavy atom. The van der Waals surface area contributed by atoms with Crippen LogP contribution in [0.2, 0.25) is 0 Å². The van der Waals surface area contributed by atoms with Crippen LogP contribution in [0.4, 0.5) is 5.69 Å². The third kappa shape index (κ3) is 4.23. The first-order valence-corrected chi connectivity index (χ1v) is 9.13. The Hall–Kier alpha value is -1.01. The highest BCUT2D eigenvalue weighted by atomic mass is 79.9. The van der Waals surface area contributed by atoms with E-state index < -0.39 is 0 Å². The molecule has 0 radical (unpaired) electrons. The molecule has 2 rings (SSSR count). The summed E-state index contributed by atoms with van der Waals surface area (Å²) in [6.07, 6.45) is 6.36. The number of rotatable bonds is 6. The van der Waals surface area contributed by atoms with Gasteiger partial charge in [0.25, 0.3) is 0 Å². The van der Waals surface area contributed by atoms with Crippen LogP contribution in [0.3, 0.4) is 0 Å². The van der Waals surface area contributed by atoms with Crippen LogP contribution in [0.15, 0.2) is 18.2 Å². The number of alkyl halides is 1. The number of hydrogen-bond donors (Lipinski definition) is 0. The Bertz CT molecular complexity index is 498. The van der Waals surface area contributed by atoms with E-state index in [9.17, 15) is 5.26 Å². The van der Waals surface area contributed by atoms with Crippen LogP contribution >= 0.6 is 15.9 Å². The summed E-state index contributed by atoms with van der Waals surface area (Å²) in [7, 11) is 0. The largest absolute Gasteiger partial charge is 0.367 e. The Morgan fingerprint density at radius 2 is 2.05 bits per heavy atom. The molecule has 0 atom stereocenters. The maximum absolute atomic E-state index is 9.52. The fraction of sp³-hybridized carbons (Fsp3) is 0.611. The quantitative estimate of drug-likeness (QED) is 0.656. The molecule has 0 amide bonds. The summed E-state index contributed by atoms with van der Waals surface area (Å²) in [6, 6.07) is 9.33. The molecule has 0 bridgehead atoms. The Morgan fingerprint density at radius 3 is 2.62 bits per heavy atom. The van der Waals surface area contributed by atoms with E-state index in [-0.39, 0.29) is 0 Å². The average Bonchev–Trinajstić information content (AvgIpc) is 3.01. The minimum Gasteiger partial charge on any atom is -0.367 e. The van der Waals surface area contributed by atoms with E-state index in [1.165, 1.54) is 37.7 Å². The molecule has 1 aromatic rings. The first-order valence-electron chi connectivity index (χ1n) is 8.01. The molecule has 0 aliphatic heterocycles. The summed E-state index contributed by atoms with van der Waals surface area (Å²) in [4.78, 5) is 2.50. The predicted molar refractivity (Wildman–Crippen MR) is 92.8 cm³/mol. The molecule has 1 saturated carbocycles. The zero-order valence-corrected chi connectivity index (χ0v) is 14.7. The normalized spacial score (nSPS) is 15.4. The molecule has 0 saturated heterocycles. The highest BCUT2D eigenvalue weighted by molar-refractivity contribution is 9.08. The molecule has 3 heteroatoms. The number of nitriles is 1. The Labute approximate surface area is 137 Å². The van der Waals surface area contributed by atoms with E-state index in [0.717, 1.165) is 23.1 Å². The predicted octanol–water partition coefficient (Wildman–Crippen LogP) is 5.25. The summed E-state index contributed by atoms with van der Waals surface area (Å²) >= 11 is 3.48. The van der Waals surface area contributed by atoms with Crippen LogP contribution in [-0.4, -0.2) is 12.6 Å². The fourth-order valence-corrected chi connectivity index (χ4v) is 3.47. The highest BCUT2D eigenvalue weighted by Gasteiger charge is 2.24. The van der Waals surface area contributed by atoms with Crippen molar-refractivity contribution in [1.29, 1.82) is 5.26 Å². The van der Waals surface area contributed by atoms with E-state index in [1.54, 1.807) is 0 Å². The van der Waals surface area contributed by atoms with Gasteiger partial charge in [0.1, 0.15) is 6.07 Å². The van der Waals surface area contributed by atoms with Gasteiger partial charge >= 0.3 is 0 Å². The standard InChI is InChI=1S/C18H25BrN2/c1-14(2)9-10-21(17-5-3-4-6-17)18-8-7-15(12-19)11-16(18)13-20/h7-8,11,14,17H,3-6,9-10,12H2,1-2H3. The summed E-state index contributed by atoms with van der Waals surface area (Å²) in [6.45, 7) is 5.60. The van der Waals surface area contributed by atoms with Crippen molar-refractivity contribution >= 4 is 21.6 Å².